The van der Waals surface area contributed by atoms with Gasteiger partial charge in [0.05, 0.1) is 4.90 Å². The van der Waals surface area contributed by atoms with E-state index in [9.17, 15) is 8.42 Å². The molecule has 6 heteroatoms. The SMILES string of the molecule is O=S(=O)(NCCC1=CCNCC1)c1ccccc1Br. The van der Waals surface area contributed by atoms with Crippen LogP contribution in [0.5, 0.6) is 0 Å². The summed E-state index contributed by atoms with van der Waals surface area (Å²) in [6.07, 6.45) is 3.90. The van der Waals surface area contributed by atoms with Gasteiger partial charge in [0.2, 0.25) is 10.0 Å². The highest BCUT2D eigenvalue weighted by Gasteiger charge is 2.16. The van der Waals surface area contributed by atoms with Crippen LogP contribution in [0.1, 0.15) is 12.8 Å². The van der Waals surface area contributed by atoms with Gasteiger partial charge in [0, 0.05) is 17.6 Å². The molecule has 0 atom stereocenters. The lowest BCUT2D eigenvalue weighted by molar-refractivity contribution is 0.579. The molecule has 0 spiro atoms. The third kappa shape index (κ3) is 4.14. The van der Waals surface area contributed by atoms with E-state index in [-0.39, 0.29) is 4.90 Å². The number of halogens is 1. The summed E-state index contributed by atoms with van der Waals surface area (Å²) in [5.74, 6) is 0. The first-order valence-corrected chi connectivity index (χ1v) is 8.50. The van der Waals surface area contributed by atoms with Crippen molar-refractivity contribution >= 4 is 26.0 Å². The molecule has 2 N–H and O–H groups in total. The fourth-order valence-electron chi connectivity index (χ4n) is 1.98. The molecular formula is C13H17BrN2O2S. The number of hydrogen-bond acceptors (Lipinski definition) is 3. The van der Waals surface area contributed by atoms with Gasteiger partial charge in [0.1, 0.15) is 0 Å². The van der Waals surface area contributed by atoms with Crippen molar-refractivity contribution in [3.63, 3.8) is 0 Å². The van der Waals surface area contributed by atoms with E-state index in [1.165, 1.54) is 5.57 Å². The van der Waals surface area contributed by atoms with Crippen LogP contribution in [0, 0.1) is 0 Å². The average Bonchev–Trinajstić information content (AvgIpc) is 2.40. The topological polar surface area (TPSA) is 58.2 Å². The second kappa shape index (κ2) is 6.65. The molecule has 0 radical (unpaired) electrons. The van der Waals surface area contributed by atoms with Gasteiger partial charge < -0.3 is 5.32 Å². The van der Waals surface area contributed by atoms with Crippen LogP contribution in [-0.2, 0) is 10.0 Å². The van der Waals surface area contributed by atoms with Crippen molar-refractivity contribution in [3.05, 3.63) is 40.4 Å². The molecule has 0 saturated heterocycles. The van der Waals surface area contributed by atoms with Crippen molar-refractivity contribution in [1.82, 2.24) is 10.0 Å². The highest BCUT2D eigenvalue weighted by Crippen LogP contribution is 2.21. The summed E-state index contributed by atoms with van der Waals surface area (Å²) >= 11 is 3.26. The van der Waals surface area contributed by atoms with Gasteiger partial charge in [-0.2, -0.15) is 0 Å². The van der Waals surface area contributed by atoms with Gasteiger partial charge in [-0.05, 0) is 47.4 Å². The van der Waals surface area contributed by atoms with E-state index in [1.807, 2.05) is 0 Å². The number of benzene rings is 1. The van der Waals surface area contributed by atoms with Crippen molar-refractivity contribution in [2.24, 2.45) is 0 Å². The first-order valence-electron chi connectivity index (χ1n) is 6.22. The summed E-state index contributed by atoms with van der Waals surface area (Å²) in [7, 11) is -3.43. The fourth-order valence-corrected chi connectivity index (χ4v) is 4.02. The molecule has 1 aromatic carbocycles. The third-order valence-corrected chi connectivity index (χ3v) is 5.50. The molecule has 4 nitrogen and oxygen atoms in total. The Balaban J connectivity index is 1.95. The summed E-state index contributed by atoms with van der Waals surface area (Å²) in [4.78, 5) is 0.286. The molecule has 1 aromatic rings. The quantitative estimate of drug-likeness (QED) is 0.803. The average molecular weight is 345 g/mol. The monoisotopic (exact) mass is 344 g/mol. The maximum Gasteiger partial charge on any atom is 0.241 e. The van der Waals surface area contributed by atoms with Gasteiger partial charge in [0.25, 0.3) is 0 Å². The third-order valence-electron chi connectivity index (χ3n) is 3.02. The van der Waals surface area contributed by atoms with E-state index in [2.05, 4.69) is 32.0 Å². The van der Waals surface area contributed by atoms with Gasteiger partial charge in [-0.3, -0.25) is 0 Å². The van der Waals surface area contributed by atoms with Crippen LogP contribution in [0.4, 0.5) is 0 Å². The van der Waals surface area contributed by atoms with Crippen molar-refractivity contribution in [2.45, 2.75) is 17.7 Å². The zero-order valence-electron chi connectivity index (χ0n) is 10.5. The van der Waals surface area contributed by atoms with E-state index in [4.69, 9.17) is 0 Å². The van der Waals surface area contributed by atoms with E-state index in [0.29, 0.717) is 11.0 Å². The molecule has 104 valence electrons. The lowest BCUT2D eigenvalue weighted by Gasteiger charge is -2.14. The van der Waals surface area contributed by atoms with Gasteiger partial charge >= 0.3 is 0 Å². The Labute approximate surface area is 122 Å². The van der Waals surface area contributed by atoms with Gasteiger partial charge in [-0.15, -0.1) is 0 Å². The van der Waals surface area contributed by atoms with Gasteiger partial charge in [0.15, 0.2) is 0 Å². The Hall–Kier alpha value is -0.690. The zero-order valence-corrected chi connectivity index (χ0v) is 12.9. The molecule has 0 amide bonds. The van der Waals surface area contributed by atoms with E-state index in [1.54, 1.807) is 24.3 Å². The molecule has 1 aliphatic heterocycles. The lowest BCUT2D eigenvalue weighted by atomic mass is 10.1. The summed E-state index contributed by atoms with van der Waals surface area (Å²) < 4.78 is 27.5. The van der Waals surface area contributed by atoms with E-state index in [0.717, 1.165) is 25.9 Å². The standard InChI is InChI=1S/C13H17BrN2O2S/c14-12-3-1-2-4-13(12)19(17,18)16-10-7-11-5-8-15-9-6-11/h1-5,15-16H,6-10H2. The molecule has 0 fully saturated rings. The molecule has 2 rings (SSSR count). The minimum Gasteiger partial charge on any atom is -0.313 e. The van der Waals surface area contributed by atoms with Crippen molar-refractivity contribution in [3.8, 4) is 0 Å². The highest BCUT2D eigenvalue weighted by molar-refractivity contribution is 9.10. The van der Waals surface area contributed by atoms with Crippen LogP contribution in [0.2, 0.25) is 0 Å². The maximum absolute atomic E-state index is 12.1. The first-order chi connectivity index (χ1) is 9.09. The van der Waals surface area contributed by atoms with Crippen molar-refractivity contribution < 1.29 is 8.42 Å². The second-order valence-corrected chi connectivity index (χ2v) is 6.98. The minimum atomic E-state index is -3.43. The molecule has 1 heterocycles. The van der Waals surface area contributed by atoms with Crippen LogP contribution in [0.25, 0.3) is 0 Å². The number of hydrogen-bond donors (Lipinski definition) is 2. The molecule has 19 heavy (non-hydrogen) atoms. The summed E-state index contributed by atoms with van der Waals surface area (Å²) in [5, 5.41) is 3.23. The Bertz CT molecular complexity index is 570. The summed E-state index contributed by atoms with van der Waals surface area (Å²) in [6.45, 7) is 2.30. The van der Waals surface area contributed by atoms with E-state index < -0.39 is 10.0 Å². The lowest BCUT2D eigenvalue weighted by Crippen LogP contribution is -2.27. The number of rotatable bonds is 5. The first kappa shape index (κ1) is 14.7. The number of sulfonamides is 1. The van der Waals surface area contributed by atoms with Crippen molar-refractivity contribution in [1.29, 1.82) is 0 Å². The largest absolute Gasteiger partial charge is 0.313 e. The molecule has 0 unspecified atom stereocenters. The Morgan fingerprint density at radius 3 is 2.79 bits per heavy atom. The molecule has 1 aliphatic rings. The Morgan fingerprint density at radius 1 is 1.32 bits per heavy atom. The van der Waals surface area contributed by atoms with Crippen LogP contribution in [-0.4, -0.2) is 28.1 Å². The predicted molar refractivity (Wildman–Crippen MR) is 79.5 cm³/mol. The van der Waals surface area contributed by atoms with Crippen LogP contribution >= 0.6 is 15.9 Å². The Kier molecular flexibility index (Phi) is 5.15. The fraction of sp³-hybridized carbons (Fsp3) is 0.385. The van der Waals surface area contributed by atoms with Crippen LogP contribution in [0.3, 0.4) is 0 Å². The van der Waals surface area contributed by atoms with E-state index >= 15 is 0 Å². The molecular weight excluding hydrogens is 328 g/mol. The maximum atomic E-state index is 12.1. The van der Waals surface area contributed by atoms with Crippen LogP contribution < -0.4 is 10.0 Å². The molecule has 0 bridgehead atoms. The molecule has 0 aromatic heterocycles. The van der Waals surface area contributed by atoms with Crippen LogP contribution in [0.15, 0.2) is 45.3 Å². The Morgan fingerprint density at radius 2 is 2.11 bits per heavy atom. The highest BCUT2D eigenvalue weighted by atomic mass is 79.9. The number of nitrogens with one attached hydrogen (secondary N) is 2. The molecule has 0 saturated carbocycles. The minimum absolute atomic E-state index is 0.286. The van der Waals surface area contributed by atoms with Gasteiger partial charge in [-0.1, -0.05) is 23.8 Å². The molecule has 0 aliphatic carbocycles. The predicted octanol–water partition coefficient (Wildman–Crippen LogP) is 2.04. The zero-order chi connectivity index (χ0) is 13.7. The second-order valence-electron chi connectivity index (χ2n) is 4.39. The van der Waals surface area contributed by atoms with Crippen molar-refractivity contribution in [2.75, 3.05) is 19.6 Å². The normalized spacial score (nSPS) is 16.2. The summed E-state index contributed by atoms with van der Waals surface area (Å²) in [6, 6.07) is 6.83. The summed E-state index contributed by atoms with van der Waals surface area (Å²) in [5.41, 5.74) is 1.31. The smallest absolute Gasteiger partial charge is 0.241 e. The van der Waals surface area contributed by atoms with Gasteiger partial charge in [-0.25, -0.2) is 13.1 Å².